The quantitative estimate of drug-likeness (QED) is 0.682. The molecule has 0 bridgehead atoms. The molecule has 1 aliphatic carbocycles. The highest BCUT2D eigenvalue weighted by Crippen LogP contribution is 2.37. The third-order valence-electron chi connectivity index (χ3n) is 5.33. The van der Waals surface area contributed by atoms with Crippen molar-refractivity contribution in [3.8, 4) is 17.3 Å². The molecule has 0 unspecified atom stereocenters. The van der Waals surface area contributed by atoms with E-state index in [2.05, 4.69) is 27.1 Å². The summed E-state index contributed by atoms with van der Waals surface area (Å²) in [6, 6.07) is 10.4. The van der Waals surface area contributed by atoms with Crippen molar-refractivity contribution < 1.29 is 14.6 Å². The summed E-state index contributed by atoms with van der Waals surface area (Å²) in [4.78, 5) is 23.0. The lowest BCUT2D eigenvalue weighted by atomic mass is 9.78. The second-order valence-electron chi connectivity index (χ2n) is 6.94. The van der Waals surface area contributed by atoms with Crippen LogP contribution in [0.25, 0.3) is 22.4 Å². The Hall–Kier alpha value is -2.60. The van der Waals surface area contributed by atoms with Gasteiger partial charge in [-0.1, -0.05) is 35.9 Å². The van der Waals surface area contributed by atoms with Gasteiger partial charge in [0, 0.05) is 5.56 Å². The molecule has 4 rings (SSSR count). The summed E-state index contributed by atoms with van der Waals surface area (Å²) in [6.07, 6.45) is 3.31. The average molecular weight is 386 g/mol. The van der Waals surface area contributed by atoms with Gasteiger partial charge in [0.15, 0.2) is 5.65 Å². The zero-order valence-electron chi connectivity index (χ0n) is 14.9. The average Bonchev–Trinajstić information content (AvgIpc) is 3.09. The number of ether oxygens (including phenoxy) is 1. The fraction of sp³-hybridized carbons (Fsp3) is 0.350. The van der Waals surface area contributed by atoms with E-state index in [0.717, 1.165) is 36.8 Å². The van der Waals surface area contributed by atoms with Gasteiger partial charge < -0.3 is 14.8 Å². The molecule has 1 fully saturated rings. The highest BCUT2D eigenvalue weighted by atomic mass is 35.5. The Kier molecular flexibility index (Phi) is 4.74. The second-order valence-corrected chi connectivity index (χ2v) is 7.35. The first-order chi connectivity index (χ1) is 13.0. The number of methoxy groups -OCH3 is 1. The molecule has 0 saturated heterocycles. The van der Waals surface area contributed by atoms with Crippen molar-refractivity contribution >= 4 is 28.7 Å². The maximum atomic E-state index is 11.1. The van der Waals surface area contributed by atoms with Crippen molar-refractivity contribution in [2.24, 2.45) is 5.92 Å². The van der Waals surface area contributed by atoms with Gasteiger partial charge in [-0.05, 0) is 43.2 Å². The van der Waals surface area contributed by atoms with E-state index < -0.39 is 5.97 Å². The smallest absolute Gasteiger partial charge is 0.306 e. The van der Waals surface area contributed by atoms with Crippen LogP contribution in [-0.2, 0) is 4.79 Å². The van der Waals surface area contributed by atoms with Gasteiger partial charge in [0.2, 0.25) is 0 Å². The number of halogens is 1. The summed E-state index contributed by atoms with van der Waals surface area (Å²) >= 11 is 6.42. The molecule has 3 aromatic rings. The molecule has 0 aliphatic heterocycles. The van der Waals surface area contributed by atoms with Crippen LogP contribution in [-0.4, -0.2) is 33.1 Å². The predicted octanol–water partition coefficient (Wildman–Crippen LogP) is 4.65. The van der Waals surface area contributed by atoms with E-state index in [1.807, 2.05) is 12.1 Å². The van der Waals surface area contributed by atoms with Crippen molar-refractivity contribution in [1.82, 2.24) is 15.0 Å². The number of carboxylic acid groups (broad SMARTS) is 1. The van der Waals surface area contributed by atoms with Crippen molar-refractivity contribution in [1.29, 1.82) is 0 Å². The molecule has 0 amide bonds. The van der Waals surface area contributed by atoms with Crippen molar-refractivity contribution in [3.63, 3.8) is 0 Å². The van der Waals surface area contributed by atoms with Crippen LogP contribution in [0.1, 0.15) is 37.2 Å². The van der Waals surface area contributed by atoms with Crippen LogP contribution < -0.4 is 4.74 Å². The van der Waals surface area contributed by atoms with Crippen molar-refractivity contribution in [3.05, 3.63) is 40.9 Å². The summed E-state index contributed by atoms with van der Waals surface area (Å²) in [5.74, 6) is -0.452. The first-order valence-corrected chi connectivity index (χ1v) is 9.36. The third-order valence-corrected chi connectivity index (χ3v) is 5.62. The fourth-order valence-corrected chi connectivity index (χ4v) is 4.04. The Morgan fingerprint density at radius 2 is 1.89 bits per heavy atom. The molecule has 1 aromatic carbocycles. The summed E-state index contributed by atoms with van der Waals surface area (Å²) in [6.45, 7) is 0. The van der Waals surface area contributed by atoms with E-state index >= 15 is 0 Å². The minimum Gasteiger partial charge on any atom is -0.481 e. The zero-order valence-corrected chi connectivity index (χ0v) is 15.7. The van der Waals surface area contributed by atoms with Crippen LogP contribution in [0, 0.1) is 5.92 Å². The maximum absolute atomic E-state index is 11.1. The number of hydrogen-bond donors (Lipinski definition) is 2. The monoisotopic (exact) mass is 385 g/mol. The van der Waals surface area contributed by atoms with E-state index in [1.165, 1.54) is 5.56 Å². The lowest BCUT2D eigenvalue weighted by molar-refractivity contribution is -0.142. The van der Waals surface area contributed by atoms with Crippen LogP contribution in [0.4, 0.5) is 0 Å². The summed E-state index contributed by atoms with van der Waals surface area (Å²) in [5.41, 5.74) is 4.13. The standard InChI is InChI=1S/C20H20ClN3O3/c1-27-20-22-16-10-15(21)17(23-18(16)24-20)13-6-2-11(3-7-13)12-4-8-14(9-5-12)19(25)26/h2-3,6-7,10,12,14H,4-5,8-9H2,1H3,(H,25,26)(H,22,23,24). The van der Waals surface area contributed by atoms with Crippen LogP contribution in [0.5, 0.6) is 6.01 Å². The normalized spacial score (nSPS) is 19.9. The van der Waals surface area contributed by atoms with E-state index in [9.17, 15) is 4.79 Å². The van der Waals surface area contributed by atoms with Gasteiger partial charge in [0.1, 0.15) is 0 Å². The van der Waals surface area contributed by atoms with Crippen LogP contribution >= 0.6 is 11.6 Å². The summed E-state index contributed by atoms with van der Waals surface area (Å²) < 4.78 is 5.10. The molecule has 2 N–H and O–H groups in total. The van der Waals surface area contributed by atoms with E-state index in [1.54, 1.807) is 13.2 Å². The topological polar surface area (TPSA) is 88.1 Å². The minimum atomic E-state index is -0.671. The Morgan fingerprint density at radius 1 is 1.19 bits per heavy atom. The second kappa shape index (κ2) is 7.19. The highest BCUT2D eigenvalue weighted by molar-refractivity contribution is 6.33. The number of rotatable bonds is 4. The molecule has 1 aliphatic rings. The molecule has 2 aromatic heterocycles. The number of benzene rings is 1. The van der Waals surface area contributed by atoms with Gasteiger partial charge in [-0.15, -0.1) is 0 Å². The van der Waals surface area contributed by atoms with Gasteiger partial charge in [-0.3, -0.25) is 4.79 Å². The molecule has 6 nitrogen and oxygen atoms in total. The number of aliphatic carboxylic acids is 1. The van der Waals surface area contributed by atoms with E-state index in [-0.39, 0.29) is 5.92 Å². The van der Waals surface area contributed by atoms with Crippen LogP contribution in [0.2, 0.25) is 5.02 Å². The highest BCUT2D eigenvalue weighted by Gasteiger charge is 2.26. The Bertz CT molecular complexity index is 976. The molecule has 0 atom stereocenters. The number of imidazole rings is 1. The minimum absolute atomic E-state index is 0.193. The van der Waals surface area contributed by atoms with Crippen LogP contribution in [0.3, 0.4) is 0 Å². The largest absolute Gasteiger partial charge is 0.481 e. The molecular weight excluding hydrogens is 366 g/mol. The predicted molar refractivity (Wildman–Crippen MR) is 103 cm³/mol. The van der Waals surface area contributed by atoms with Gasteiger partial charge in [-0.25, -0.2) is 4.98 Å². The number of fused-ring (bicyclic) bond motifs is 1. The number of aromatic amines is 1. The number of pyridine rings is 1. The van der Waals surface area contributed by atoms with Gasteiger partial charge in [0.25, 0.3) is 6.01 Å². The number of nitrogens with zero attached hydrogens (tertiary/aromatic N) is 2. The first kappa shape index (κ1) is 17.8. The number of nitrogens with one attached hydrogen (secondary N) is 1. The Morgan fingerprint density at radius 3 is 2.52 bits per heavy atom. The van der Waals surface area contributed by atoms with E-state index in [0.29, 0.717) is 28.3 Å². The molecule has 7 heteroatoms. The van der Waals surface area contributed by atoms with Crippen molar-refractivity contribution in [2.45, 2.75) is 31.6 Å². The van der Waals surface area contributed by atoms with Crippen LogP contribution in [0.15, 0.2) is 30.3 Å². The SMILES string of the molecule is COc1nc2nc(-c3ccc(C4CCC(C(=O)O)CC4)cc3)c(Cl)cc2[nH]1. The summed E-state index contributed by atoms with van der Waals surface area (Å²) in [5, 5.41) is 9.69. The third kappa shape index (κ3) is 3.49. The van der Waals surface area contributed by atoms with Gasteiger partial charge >= 0.3 is 5.97 Å². The summed E-state index contributed by atoms with van der Waals surface area (Å²) in [7, 11) is 1.54. The number of carboxylic acids is 1. The Balaban J connectivity index is 1.56. The van der Waals surface area contributed by atoms with Crippen molar-refractivity contribution in [2.75, 3.05) is 7.11 Å². The molecule has 0 radical (unpaired) electrons. The molecular formula is C20H20ClN3O3. The molecule has 140 valence electrons. The van der Waals surface area contributed by atoms with E-state index in [4.69, 9.17) is 21.4 Å². The van der Waals surface area contributed by atoms with Gasteiger partial charge in [-0.2, -0.15) is 4.98 Å². The lowest BCUT2D eigenvalue weighted by Gasteiger charge is -2.26. The molecule has 0 spiro atoms. The number of H-pyrrole nitrogens is 1. The lowest BCUT2D eigenvalue weighted by Crippen LogP contribution is -2.20. The first-order valence-electron chi connectivity index (χ1n) is 8.98. The molecule has 27 heavy (non-hydrogen) atoms. The van der Waals surface area contributed by atoms with Gasteiger partial charge in [0.05, 0.1) is 29.3 Å². The maximum Gasteiger partial charge on any atom is 0.306 e. The number of hydrogen-bond acceptors (Lipinski definition) is 4. The number of carbonyl (C=O) groups is 1. The Labute approximate surface area is 161 Å². The zero-order chi connectivity index (χ0) is 19.0. The molecule has 2 heterocycles. The number of aromatic nitrogens is 3. The fourth-order valence-electron chi connectivity index (χ4n) is 3.78. The molecule has 1 saturated carbocycles.